The van der Waals surface area contributed by atoms with Crippen LogP contribution in [0, 0.1) is 22.7 Å². The smallest absolute Gasteiger partial charge is 0.339 e. The zero-order valence-corrected chi connectivity index (χ0v) is 15.6. The van der Waals surface area contributed by atoms with Crippen LogP contribution in [0.3, 0.4) is 0 Å². The molecule has 0 atom stereocenters. The molecule has 3 rings (SSSR count). The lowest BCUT2D eigenvalue weighted by Crippen LogP contribution is -2.06. The van der Waals surface area contributed by atoms with E-state index >= 15 is 0 Å². The van der Waals surface area contributed by atoms with Crippen molar-refractivity contribution < 1.29 is 9.53 Å². The van der Waals surface area contributed by atoms with Crippen LogP contribution in [-0.2, 0) is 17.7 Å². The number of benzene rings is 2. The van der Waals surface area contributed by atoms with Crippen molar-refractivity contribution in [2.45, 2.75) is 19.9 Å². The van der Waals surface area contributed by atoms with Gasteiger partial charge in [-0.25, -0.2) is 4.79 Å². The van der Waals surface area contributed by atoms with Gasteiger partial charge in [-0.2, -0.15) is 10.5 Å². The number of ether oxygens (including phenoxy) is 1. The summed E-state index contributed by atoms with van der Waals surface area (Å²) < 4.78 is 7.16. The monoisotopic (exact) mass is 369 g/mol. The fourth-order valence-electron chi connectivity index (χ4n) is 2.99. The van der Waals surface area contributed by atoms with Crippen LogP contribution in [0.4, 0.5) is 0 Å². The predicted molar refractivity (Wildman–Crippen MR) is 105 cm³/mol. The molecular formula is C23H19N3O2. The van der Waals surface area contributed by atoms with Gasteiger partial charge in [0.05, 0.1) is 35.4 Å². The summed E-state index contributed by atoms with van der Waals surface area (Å²) in [6.07, 6.45) is 4.32. The quantitative estimate of drug-likeness (QED) is 0.614. The number of hydrogen-bond donors (Lipinski definition) is 0. The Labute approximate surface area is 164 Å². The maximum atomic E-state index is 12.4. The highest BCUT2D eigenvalue weighted by atomic mass is 16.5. The Morgan fingerprint density at radius 3 is 2.04 bits per heavy atom. The van der Waals surface area contributed by atoms with Gasteiger partial charge < -0.3 is 9.30 Å². The van der Waals surface area contributed by atoms with Crippen molar-refractivity contribution in [1.29, 1.82) is 10.5 Å². The molecule has 0 bridgehead atoms. The van der Waals surface area contributed by atoms with Crippen LogP contribution in [-0.4, -0.2) is 17.1 Å². The second kappa shape index (κ2) is 8.70. The summed E-state index contributed by atoms with van der Waals surface area (Å²) in [4.78, 5) is 12.4. The van der Waals surface area contributed by atoms with E-state index in [2.05, 4.69) is 12.1 Å². The Kier molecular flexibility index (Phi) is 5.89. The molecule has 3 aromatic rings. The summed E-state index contributed by atoms with van der Waals surface area (Å²) in [7, 11) is 0. The first-order chi connectivity index (χ1) is 13.6. The molecule has 0 fully saturated rings. The van der Waals surface area contributed by atoms with Crippen molar-refractivity contribution in [3.63, 3.8) is 0 Å². The van der Waals surface area contributed by atoms with Crippen LogP contribution >= 0.6 is 0 Å². The Hall–Kier alpha value is -3.83. The van der Waals surface area contributed by atoms with Crippen LogP contribution in [0.15, 0.2) is 60.9 Å². The van der Waals surface area contributed by atoms with Crippen molar-refractivity contribution in [2.24, 2.45) is 0 Å². The van der Waals surface area contributed by atoms with E-state index in [9.17, 15) is 4.79 Å². The minimum Gasteiger partial charge on any atom is -0.462 e. The molecule has 138 valence electrons. The van der Waals surface area contributed by atoms with Gasteiger partial charge in [0.1, 0.15) is 0 Å². The summed E-state index contributed by atoms with van der Waals surface area (Å²) in [6.45, 7) is 2.69. The van der Waals surface area contributed by atoms with Gasteiger partial charge in [0, 0.05) is 18.9 Å². The molecule has 0 radical (unpaired) electrons. The zero-order valence-electron chi connectivity index (χ0n) is 15.6. The molecule has 5 heteroatoms. The Morgan fingerprint density at radius 1 is 0.929 bits per heavy atom. The number of hydrogen-bond acceptors (Lipinski definition) is 4. The SMILES string of the molecule is CCOC(=O)c1cn(Cc2ccc(C#N)cc2)cc1Cc1ccc(C#N)cc1. The first-order valence-electron chi connectivity index (χ1n) is 8.96. The average Bonchev–Trinajstić information content (AvgIpc) is 3.11. The molecule has 1 aromatic heterocycles. The molecule has 0 amide bonds. The number of rotatable bonds is 6. The van der Waals surface area contributed by atoms with Crippen LogP contribution in [0.25, 0.3) is 0 Å². The number of nitrogens with zero attached hydrogens (tertiary/aromatic N) is 3. The highest BCUT2D eigenvalue weighted by molar-refractivity contribution is 5.91. The number of aromatic nitrogens is 1. The molecule has 0 aliphatic heterocycles. The van der Waals surface area contributed by atoms with Gasteiger partial charge in [-0.05, 0) is 54.3 Å². The van der Waals surface area contributed by atoms with Crippen molar-refractivity contribution >= 4 is 5.97 Å². The third kappa shape index (κ3) is 4.47. The third-order valence-electron chi connectivity index (χ3n) is 4.38. The van der Waals surface area contributed by atoms with E-state index in [1.165, 1.54) is 0 Å². The zero-order chi connectivity index (χ0) is 19.9. The van der Waals surface area contributed by atoms with Gasteiger partial charge in [0.25, 0.3) is 0 Å². The third-order valence-corrected chi connectivity index (χ3v) is 4.38. The van der Waals surface area contributed by atoms with Crippen molar-refractivity contribution in [3.05, 3.63) is 94.3 Å². The molecule has 1 heterocycles. The topological polar surface area (TPSA) is 78.8 Å². The first-order valence-corrected chi connectivity index (χ1v) is 8.96. The van der Waals surface area contributed by atoms with Crippen LogP contribution in [0.2, 0.25) is 0 Å². The second-order valence-corrected chi connectivity index (χ2v) is 6.38. The molecule has 2 aromatic carbocycles. The largest absolute Gasteiger partial charge is 0.462 e. The van der Waals surface area contributed by atoms with Gasteiger partial charge in [-0.15, -0.1) is 0 Å². The van der Waals surface area contributed by atoms with E-state index in [-0.39, 0.29) is 5.97 Å². The molecule has 0 N–H and O–H groups in total. The standard InChI is InChI=1S/C23H19N3O2/c1-2-28-23(27)22-16-26(14-20-9-7-19(13-25)8-10-20)15-21(22)11-17-3-5-18(12-24)6-4-17/h3-10,15-16H,2,11,14H2,1H3. The molecule has 0 unspecified atom stereocenters. The summed E-state index contributed by atoms with van der Waals surface area (Å²) in [6, 6.07) is 18.9. The van der Waals surface area contributed by atoms with Crippen LogP contribution in [0.1, 0.15) is 45.1 Å². The average molecular weight is 369 g/mol. The van der Waals surface area contributed by atoms with Crippen molar-refractivity contribution in [3.8, 4) is 12.1 Å². The number of carbonyl (C=O) groups excluding carboxylic acids is 1. The highest BCUT2D eigenvalue weighted by Gasteiger charge is 2.16. The maximum absolute atomic E-state index is 12.4. The molecular weight excluding hydrogens is 350 g/mol. The van der Waals surface area contributed by atoms with Gasteiger partial charge in [0.15, 0.2) is 0 Å². The molecule has 28 heavy (non-hydrogen) atoms. The van der Waals surface area contributed by atoms with Crippen LogP contribution < -0.4 is 0 Å². The van der Waals surface area contributed by atoms with E-state index in [1.807, 2.05) is 35.0 Å². The summed E-state index contributed by atoms with van der Waals surface area (Å²) in [5.41, 5.74) is 4.68. The fourth-order valence-corrected chi connectivity index (χ4v) is 2.99. The number of carbonyl (C=O) groups is 1. The van der Waals surface area contributed by atoms with E-state index < -0.39 is 0 Å². The normalized spacial score (nSPS) is 10.1. The summed E-state index contributed by atoms with van der Waals surface area (Å²) in [5.74, 6) is -0.343. The van der Waals surface area contributed by atoms with Gasteiger partial charge in [-0.1, -0.05) is 24.3 Å². The van der Waals surface area contributed by atoms with Gasteiger partial charge in [0.2, 0.25) is 0 Å². The molecule has 0 spiro atoms. The first kappa shape index (κ1) is 18.9. The number of esters is 1. The summed E-state index contributed by atoms with van der Waals surface area (Å²) >= 11 is 0. The minimum atomic E-state index is -0.343. The Bertz CT molecular complexity index is 1050. The van der Waals surface area contributed by atoms with Crippen molar-refractivity contribution in [1.82, 2.24) is 4.57 Å². The second-order valence-electron chi connectivity index (χ2n) is 6.38. The fraction of sp³-hybridized carbons (Fsp3) is 0.174. The lowest BCUT2D eigenvalue weighted by molar-refractivity contribution is 0.0525. The molecule has 0 saturated heterocycles. The van der Waals surface area contributed by atoms with E-state index in [1.54, 1.807) is 37.4 Å². The van der Waals surface area contributed by atoms with Gasteiger partial charge in [-0.3, -0.25) is 0 Å². The Balaban J connectivity index is 1.87. The lowest BCUT2D eigenvalue weighted by atomic mass is 10.0. The molecule has 0 aliphatic carbocycles. The Morgan fingerprint density at radius 2 is 1.50 bits per heavy atom. The van der Waals surface area contributed by atoms with E-state index in [0.717, 1.165) is 16.7 Å². The summed E-state index contributed by atoms with van der Waals surface area (Å²) in [5, 5.41) is 17.9. The molecule has 0 aliphatic rings. The van der Waals surface area contributed by atoms with Crippen LogP contribution in [0.5, 0.6) is 0 Å². The van der Waals surface area contributed by atoms with Gasteiger partial charge >= 0.3 is 5.97 Å². The van der Waals surface area contributed by atoms with E-state index in [0.29, 0.717) is 36.3 Å². The van der Waals surface area contributed by atoms with Crippen molar-refractivity contribution in [2.75, 3.05) is 6.61 Å². The number of nitriles is 2. The predicted octanol–water partition coefficient (Wildman–Crippen LogP) is 4.05. The minimum absolute atomic E-state index is 0.315. The van der Waals surface area contributed by atoms with E-state index in [4.69, 9.17) is 15.3 Å². The lowest BCUT2D eigenvalue weighted by Gasteiger charge is -2.04. The molecule has 5 nitrogen and oxygen atoms in total. The highest BCUT2D eigenvalue weighted by Crippen LogP contribution is 2.19. The molecule has 0 saturated carbocycles. The maximum Gasteiger partial charge on any atom is 0.339 e.